The molecule has 154 valence electrons. The Morgan fingerprint density at radius 1 is 1.31 bits per heavy atom. The summed E-state index contributed by atoms with van der Waals surface area (Å²) >= 11 is 6.19. The summed E-state index contributed by atoms with van der Waals surface area (Å²) in [5.74, 6) is 0.813. The number of pyridine rings is 1. The number of likely N-dealkylation sites (tertiary alicyclic amines) is 1. The topological polar surface area (TPSA) is 66.5 Å². The Morgan fingerprint density at radius 2 is 2.17 bits per heavy atom. The number of aryl methyl sites for hydroxylation is 1. The molecule has 3 heterocycles. The fourth-order valence-electron chi connectivity index (χ4n) is 4.67. The number of nitrogens with one attached hydrogen (secondary N) is 2. The van der Waals surface area contributed by atoms with Crippen molar-refractivity contribution in [2.24, 2.45) is 0 Å². The minimum absolute atomic E-state index is 0.0204. The number of aromatic nitrogens is 1. The molecule has 0 spiro atoms. The SMILES string of the molecule is COc1ccc(Cl)cc1C(=O)N1CCCCC1C1NNCC1c1ccncc1C. The lowest BCUT2D eigenvalue weighted by Crippen LogP contribution is -2.55. The Morgan fingerprint density at radius 3 is 2.97 bits per heavy atom. The molecule has 2 aliphatic rings. The fraction of sp³-hybridized carbons (Fsp3) is 0.455. The zero-order chi connectivity index (χ0) is 20.4. The fourth-order valence-corrected chi connectivity index (χ4v) is 4.84. The van der Waals surface area contributed by atoms with E-state index < -0.39 is 0 Å². The largest absolute Gasteiger partial charge is 0.496 e. The number of halogens is 1. The van der Waals surface area contributed by atoms with Crippen LogP contribution in [0.1, 0.15) is 46.7 Å². The van der Waals surface area contributed by atoms with Crippen LogP contribution >= 0.6 is 11.6 Å². The normalized spacial score (nSPS) is 24.5. The van der Waals surface area contributed by atoms with Crippen LogP contribution in [0.3, 0.4) is 0 Å². The van der Waals surface area contributed by atoms with Crippen molar-refractivity contribution in [2.75, 3.05) is 20.2 Å². The van der Waals surface area contributed by atoms with Crippen LogP contribution in [-0.4, -0.2) is 48.1 Å². The van der Waals surface area contributed by atoms with Crippen LogP contribution in [0.25, 0.3) is 0 Å². The van der Waals surface area contributed by atoms with E-state index in [4.69, 9.17) is 16.3 Å². The molecule has 2 aliphatic heterocycles. The van der Waals surface area contributed by atoms with E-state index >= 15 is 0 Å². The number of hydrogen-bond donors (Lipinski definition) is 2. The number of nitrogens with zero attached hydrogens (tertiary/aromatic N) is 2. The predicted molar refractivity (Wildman–Crippen MR) is 113 cm³/mol. The molecule has 2 fully saturated rings. The summed E-state index contributed by atoms with van der Waals surface area (Å²) in [7, 11) is 1.58. The van der Waals surface area contributed by atoms with Crippen LogP contribution in [0.5, 0.6) is 5.75 Å². The van der Waals surface area contributed by atoms with Gasteiger partial charge in [0.05, 0.1) is 12.7 Å². The van der Waals surface area contributed by atoms with Crippen molar-refractivity contribution in [3.05, 3.63) is 58.4 Å². The van der Waals surface area contributed by atoms with Gasteiger partial charge in [0.25, 0.3) is 5.91 Å². The van der Waals surface area contributed by atoms with E-state index in [1.165, 1.54) is 11.1 Å². The van der Waals surface area contributed by atoms with Crippen LogP contribution in [0.15, 0.2) is 36.7 Å². The van der Waals surface area contributed by atoms with Gasteiger partial charge in [0.2, 0.25) is 0 Å². The van der Waals surface area contributed by atoms with Crippen molar-refractivity contribution in [3.8, 4) is 5.75 Å². The highest BCUT2D eigenvalue weighted by Gasteiger charge is 2.41. The lowest BCUT2D eigenvalue weighted by Gasteiger charge is -2.41. The van der Waals surface area contributed by atoms with Crippen molar-refractivity contribution in [3.63, 3.8) is 0 Å². The van der Waals surface area contributed by atoms with E-state index in [1.54, 1.807) is 25.3 Å². The average molecular weight is 415 g/mol. The summed E-state index contributed by atoms with van der Waals surface area (Å²) in [4.78, 5) is 19.8. The van der Waals surface area contributed by atoms with Gasteiger partial charge in [-0.2, -0.15) is 0 Å². The third kappa shape index (κ3) is 3.97. The van der Waals surface area contributed by atoms with Gasteiger partial charge in [0.1, 0.15) is 5.75 Å². The minimum atomic E-state index is -0.0204. The molecule has 2 aromatic rings. The molecule has 6 nitrogen and oxygen atoms in total. The second kappa shape index (κ2) is 8.69. The molecule has 1 aromatic carbocycles. The van der Waals surface area contributed by atoms with Crippen LogP contribution in [0.4, 0.5) is 0 Å². The maximum Gasteiger partial charge on any atom is 0.257 e. The van der Waals surface area contributed by atoms with Gasteiger partial charge in [-0.05, 0) is 61.6 Å². The zero-order valence-corrected chi connectivity index (χ0v) is 17.6. The van der Waals surface area contributed by atoms with Crippen LogP contribution in [0, 0.1) is 6.92 Å². The average Bonchev–Trinajstić information content (AvgIpc) is 3.23. The van der Waals surface area contributed by atoms with Crippen molar-refractivity contribution in [1.29, 1.82) is 0 Å². The quantitative estimate of drug-likeness (QED) is 0.803. The molecule has 2 N–H and O–H groups in total. The molecule has 1 aromatic heterocycles. The van der Waals surface area contributed by atoms with E-state index in [9.17, 15) is 4.79 Å². The highest BCUT2D eigenvalue weighted by molar-refractivity contribution is 6.31. The number of methoxy groups -OCH3 is 1. The van der Waals surface area contributed by atoms with Gasteiger partial charge < -0.3 is 9.64 Å². The first-order chi connectivity index (χ1) is 14.1. The first-order valence-electron chi connectivity index (χ1n) is 10.1. The molecule has 0 bridgehead atoms. The summed E-state index contributed by atoms with van der Waals surface area (Å²) in [6.07, 6.45) is 6.84. The lowest BCUT2D eigenvalue weighted by molar-refractivity contribution is 0.0547. The second-order valence-electron chi connectivity index (χ2n) is 7.80. The summed E-state index contributed by atoms with van der Waals surface area (Å²) in [6, 6.07) is 7.52. The smallest absolute Gasteiger partial charge is 0.257 e. The van der Waals surface area contributed by atoms with Crippen LogP contribution in [-0.2, 0) is 0 Å². The minimum Gasteiger partial charge on any atom is -0.496 e. The maximum absolute atomic E-state index is 13.5. The summed E-state index contributed by atoms with van der Waals surface area (Å²) in [5.41, 5.74) is 9.76. The first-order valence-corrected chi connectivity index (χ1v) is 10.5. The lowest BCUT2D eigenvalue weighted by atomic mass is 9.83. The Kier molecular flexibility index (Phi) is 6.04. The summed E-state index contributed by atoms with van der Waals surface area (Å²) in [6.45, 7) is 3.66. The third-order valence-electron chi connectivity index (χ3n) is 6.10. The summed E-state index contributed by atoms with van der Waals surface area (Å²) < 4.78 is 5.44. The standard InChI is InChI=1S/C22H27ClN4O2/c1-14-12-24-9-8-16(14)18-13-25-26-21(18)19-5-3-4-10-27(19)22(28)17-11-15(23)6-7-20(17)29-2/h6-9,11-12,18-19,21,25-26H,3-5,10,13H2,1-2H3. The third-order valence-corrected chi connectivity index (χ3v) is 6.34. The van der Waals surface area contributed by atoms with Gasteiger partial charge in [0.15, 0.2) is 0 Å². The van der Waals surface area contributed by atoms with Gasteiger partial charge >= 0.3 is 0 Å². The number of amides is 1. The first kappa shape index (κ1) is 20.1. The Hall–Kier alpha value is -2.15. The highest BCUT2D eigenvalue weighted by Crippen LogP contribution is 2.34. The summed E-state index contributed by atoms with van der Waals surface area (Å²) in [5, 5.41) is 0.536. The molecule has 3 atom stereocenters. The Balaban J connectivity index is 1.65. The van der Waals surface area contributed by atoms with E-state index in [0.29, 0.717) is 16.3 Å². The van der Waals surface area contributed by atoms with Crippen molar-refractivity contribution in [1.82, 2.24) is 20.7 Å². The van der Waals surface area contributed by atoms with Crippen molar-refractivity contribution >= 4 is 17.5 Å². The molecule has 0 saturated carbocycles. The van der Waals surface area contributed by atoms with Crippen LogP contribution in [0.2, 0.25) is 5.02 Å². The predicted octanol–water partition coefficient (Wildman–Crippen LogP) is 3.31. The number of benzene rings is 1. The molecule has 4 rings (SSSR count). The zero-order valence-electron chi connectivity index (χ0n) is 16.8. The van der Waals surface area contributed by atoms with E-state index in [0.717, 1.165) is 32.4 Å². The molecule has 29 heavy (non-hydrogen) atoms. The second-order valence-corrected chi connectivity index (χ2v) is 8.23. The number of carbonyl (C=O) groups is 1. The molecule has 1 amide bonds. The number of rotatable bonds is 4. The van der Waals surface area contributed by atoms with E-state index in [1.807, 2.05) is 17.3 Å². The van der Waals surface area contributed by atoms with E-state index in [2.05, 4.69) is 28.8 Å². The van der Waals surface area contributed by atoms with Crippen molar-refractivity contribution < 1.29 is 9.53 Å². The number of piperidine rings is 1. The molecule has 0 aliphatic carbocycles. The highest BCUT2D eigenvalue weighted by atomic mass is 35.5. The molecule has 7 heteroatoms. The van der Waals surface area contributed by atoms with Crippen molar-refractivity contribution in [2.45, 2.75) is 44.2 Å². The molecular formula is C22H27ClN4O2. The van der Waals surface area contributed by atoms with Gasteiger partial charge in [0, 0.05) is 48.5 Å². The molecular weight excluding hydrogens is 388 g/mol. The van der Waals surface area contributed by atoms with Gasteiger partial charge in [-0.1, -0.05) is 11.6 Å². The Bertz CT molecular complexity index is 891. The number of hydrogen-bond acceptors (Lipinski definition) is 5. The molecule has 2 saturated heterocycles. The van der Waals surface area contributed by atoms with Gasteiger partial charge in [-0.15, -0.1) is 0 Å². The van der Waals surface area contributed by atoms with Gasteiger partial charge in [-0.3, -0.25) is 20.6 Å². The number of hydrazine groups is 1. The maximum atomic E-state index is 13.5. The Labute approximate surface area is 176 Å². The van der Waals surface area contributed by atoms with Crippen LogP contribution < -0.4 is 15.6 Å². The molecule has 3 unspecified atom stereocenters. The number of ether oxygens (including phenoxy) is 1. The monoisotopic (exact) mass is 414 g/mol. The molecule has 0 radical (unpaired) electrons. The van der Waals surface area contributed by atoms with E-state index in [-0.39, 0.29) is 23.9 Å². The van der Waals surface area contributed by atoms with Gasteiger partial charge in [-0.25, -0.2) is 0 Å². The number of carbonyl (C=O) groups excluding carboxylic acids is 1.